The highest BCUT2D eigenvalue weighted by Gasteiger charge is 2.42. The van der Waals surface area contributed by atoms with Gasteiger partial charge in [0.15, 0.2) is 11.6 Å². The highest BCUT2D eigenvalue weighted by Crippen LogP contribution is 2.40. The molecule has 0 radical (unpaired) electrons. The van der Waals surface area contributed by atoms with E-state index in [1.807, 2.05) is 60.7 Å². The SMILES string of the molecule is O=C(N[C@H]1CCOc2c(F)cccc21)c1cccc(NC2(c3nnc(C4CCN(c5cc(-c6nnc(C7(Nc8cccc(C(=O)N[C@@H]9CCOc%10ccc(Cl)cc%109)c8)CCNCC7)o6)ccn5)CC4)o3)CCNCC2)c1. The van der Waals surface area contributed by atoms with Crippen molar-refractivity contribution in [3.63, 3.8) is 0 Å². The van der Waals surface area contributed by atoms with Gasteiger partial charge in [0.25, 0.3) is 11.8 Å². The average molecular weight is 1050 g/mol. The Morgan fingerprint density at radius 3 is 1.96 bits per heavy atom. The van der Waals surface area contributed by atoms with Gasteiger partial charge in [-0.05, 0) is 138 Å². The number of pyridine rings is 1. The predicted molar refractivity (Wildman–Crippen MR) is 282 cm³/mol. The fourth-order valence-electron chi connectivity index (χ4n) is 11.3. The van der Waals surface area contributed by atoms with Crippen molar-refractivity contribution >= 4 is 40.6 Å². The van der Waals surface area contributed by atoms with Crippen LogP contribution in [0.5, 0.6) is 11.5 Å². The number of carbonyl (C=O) groups is 2. The van der Waals surface area contributed by atoms with Crippen LogP contribution < -0.4 is 46.3 Å². The molecular weight excluding hydrogens is 991 g/mol. The molecule has 392 valence electrons. The molecule has 6 N–H and O–H groups in total. The standard InChI is InChI=1S/C56H58ClFN12O6/c57-38-10-11-46-42(33-38)45(15-28-73-46)63-50(72)36-5-2-7-40(31-36)65-56(19-24-60-25-20-56)54-69-67-52(76-54)37-12-21-61-47(32-37)70-26-13-34(14-27-70)51-66-68-53(75-51)55(17-22-59-23-18-55)64-39-6-1-4-35(30-39)49(71)62-44-16-29-74-48-41(44)8-3-9-43(48)58/h1-12,21,30-34,44-45,59-60,64-65H,13-20,22-29H2,(H,62,71)(H,63,72)/t44-,45+/m0/s1. The second-order valence-electron chi connectivity index (χ2n) is 20.3. The molecule has 0 unspecified atom stereocenters. The summed E-state index contributed by atoms with van der Waals surface area (Å²) in [7, 11) is 0. The molecule has 2 amide bonds. The highest BCUT2D eigenvalue weighted by molar-refractivity contribution is 6.30. The number of nitrogens with one attached hydrogen (secondary N) is 6. The fourth-order valence-corrected chi connectivity index (χ4v) is 11.4. The number of halogens is 2. The zero-order valence-electron chi connectivity index (χ0n) is 41.7. The predicted octanol–water partition coefficient (Wildman–Crippen LogP) is 8.58. The van der Waals surface area contributed by atoms with Gasteiger partial charge in [0.1, 0.15) is 22.6 Å². The van der Waals surface area contributed by atoms with Crippen LogP contribution in [0.25, 0.3) is 11.5 Å². The van der Waals surface area contributed by atoms with Gasteiger partial charge in [-0.2, -0.15) is 0 Å². The van der Waals surface area contributed by atoms with Gasteiger partial charge in [0, 0.05) is 82.3 Å². The smallest absolute Gasteiger partial charge is 0.251 e. The largest absolute Gasteiger partial charge is 0.493 e. The second-order valence-corrected chi connectivity index (χ2v) is 20.7. The number of aromatic nitrogens is 5. The molecule has 0 aliphatic carbocycles. The van der Waals surface area contributed by atoms with Crippen molar-refractivity contribution in [2.75, 3.05) is 68.0 Å². The van der Waals surface area contributed by atoms with E-state index in [4.69, 9.17) is 34.9 Å². The molecule has 5 aliphatic heterocycles. The van der Waals surface area contributed by atoms with E-state index in [2.05, 4.69) is 57.2 Å². The number of fused-ring (bicyclic) bond motifs is 2. The van der Waals surface area contributed by atoms with Crippen molar-refractivity contribution in [1.82, 2.24) is 46.6 Å². The first-order valence-electron chi connectivity index (χ1n) is 26.2. The normalized spacial score (nSPS) is 20.0. The van der Waals surface area contributed by atoms with Gasteiger partial charge in [0.2, 0.25) is 23.6 Å². The lowest BCUT2D eigenvalue weighted by molar-refractivity contribution is 0.0915. The molecule has 20 heteroatoms. The van der Waals surface area contributed by atoms with E-state index in [0.717, 1.165) is 86.2 Å². The van der Waals surface area contributed by atoms with E-state index in [-0.39, 0.29) is 35.6 Å². The number of ether oxygens (including phenoxy) is 2. The third-order valence-corrected chi connectivity index (χ3v) is 15.7. The molecule has 5 aliphatic rings. The summed E-state index contributed by atoms with van der Waals surface area (Å²) in [5, 5.41) is 39.7. The van der Waals surface area contributed by atoms with Gasteiger partial charge in [-0.1, -0.05) is 35.9 Å². The summed E-state index contributed by atoms with van der Waals surface area (Å²) in [4.78, 5) is 34.3. The molecule has 3 aromatic heterocycles. The van der Waals surface area contributed by atoms with Crippen LogP contribution in [0, 0.1) is 5.82 Å². The molecule has 4 aromatic carbocycles. The first-order chi connectivity index (χ1) is 37.2. The summed E-state index contributed by atoms with van der Waals surface area (Å²) in [6.07, 6.45) is 7.28. The Bertz CT molecular complexity index is 3240. The number of carbonyl (C=O) groups excluding carboxylic acids is 2. The summed E-state index contributed by atoms with van der Waals surface area (Å²) in [5.74, 6) is 2.90. The maximum absolute atomic E-state index is 14.5. The number of anilines is 3. The van der Waals surface area contributed by atoms with Crippen LogP contribution in [0.1, 0.15) is 119 Å². The van der Waals surface area contributed by atoms with Crippen molar-refractivity contribution in [2.45, 2.75) is 80.4 Å². The number of hydrogen-bond acceptors (Lipinski definition) is 16. The van der Waals surface area contributed by atoms with Crippen molar-refractivity contribution in [2.24, 2.45) is 0 Å². The first-order valence-corrected chi connectivity index (χ1v) is 26.6. The quantitative estimate of drug-likeness (QED) is 0.0637. The van der Waals surface area contributed by atoms with Crippen LogP contribution in [-0.4, -0.2) is 89.7 Å². The summed E-state index contributed by atoms with van der Waals surface area (Å²) in [6.45, 7) is 5.22. The third-order valence-electron chi connectivity index (χ3n) is 15.4. The monoisotopic (exact) mass is 1050 g/mol. The van der Waals surface area contributed by atoms with E-state index in [1.165, 1.54) is 6.07 Å². The molecule has 18 nitrogen and oxygen atoms in total. The lowest BCUT2D eigenvalue weighted by Crippen LogP contribution is -2.45. The van der Waals surface area contributed by atoms with E-state index in [1.54, 1.807) is 36.5 Å². The lowest BCUT2D eigenvalue weighted by Gasteiger charge is -2.36. The summed E-state index contributed by atoms with van der Waals surface area (Å²) in [5.41, 5.74) is 3.45. The molecule has 0 bridgehead atoms. The second kappa shape index (κ2) is 21.2. The van der Waals surface area contributed by atoms with Crippen LogP contribution in [-0.2, 0) is 11.1 Å². The molecular formula is C56H58ClFN12O6. The molecule has 2 atom stereocenters. The molecule has 7 aromatic rings. The van der Waals surface area contributed by atoms with Crippen LogP contribution >= 0.6 is 11.6 Å². The molecule has 8 heterocycles. The molecule has 3 fully saturated rings. The van der Waals surface area contributed by atoms with Crippen molar-refractivity contribution in [3.05, 3.63) is 154 Å². The highest BCUT2D eigenvalue weighted by atomic mass is 35.5. The zero-order chi connectivity index (χ0) is 51.6. The summed E-state index contributed by atoms with van der Waals surface area (Å²) >= 11 is 6.31. The van der Waals surface area contributed by atoms with Gasteiger partial charge in [0.05, 0.1) is 25.3 Å². The number of piperidine rings is 3. The number of rotatable bonds is 13. The first kappa shape index (κ1) is 49.3. The maximum atomic E-state index is 14.5. The number of hydrogen-bond donors (Lipinski definition) is 6. The number of benzene rings is 4. The van der Waals surface area contributed by atoms with Crippen LogP contribution in [0.4, 0.5) is 21.6 Å². The minimum Gasteiger partial charge on any atom is -0.493 e. The van der Waals surface area contributed by atoms with Gasteiger partial charge < -0.3 is 55.1 Å². The number of nitrogens with zero attached hydrogens (tertiary/aromatic N) is 6. The zero-order valence-corrected chi connectivity index (χ0v) is 42.5. The molecule has 0 spiro atoms. The summed E-state index contributed by atoms with van der Waals surface area (Å²) in [6, 6.07) is 28.4. The van der Waals surface area contributed by atoms with Crippen molar-refractivity contribution < 1.29 is 32.3 Å². The molecule has 76 heavy (non-hydrogen) atoms. The Labute approximate surface area is 443 Å². The van der Waals surface area contributed by atoms with Crippen LogP contribution in [0.3, 0.4) is 0 Å². The fraction of sp³-hybridized carbons (Fsp3) is 0.375. The maximum Gasteiger partial charge on any atom is 0.251 e. The lowest BCUT2D eigenvalue weighted by atomic mass is 9.87. The Hall–Kier alpha value is -7.61. The van der Waals surface area contributed by atoms with E-state index in [0.29, 0.717) is 97.0 Å². The number of para-hydroxylation sites is 1. The van der Waals surface area contributed by atoms with Gasteiger partial charge >= 0.3 is 0 Å². The van der Waals surface area contributed by atoms with Crippen molar-refractivity contribution in [1.29, 1.82) is 0 Å². The van der Waals surface area contributed by atoms with E-state index < -0.39 is 16.9 Å². The van der Waals surface area contributed by atoms with Gasteiger partial charge in [-0.15, -0.1) is 20.4 Å². The topological polar surface area (TPSA) is 219 Å². The Morgan fingerprint density at radius 1 is 0.658 bits per heavy atom. The Morgan fingerprint density at radius 2 is 1.28 bits per heavy atom. The minimum absolute atomic E-state index is 0.0571. The van der Waals surface area contributed by atoms with Gasteiger partial charge in [-0.25, -0.2) is 9.37 Å². The summed E-state index contributed by atoms with van der Waals surface area (Å²) < 4.78 is 39.0. The van der Waals surface area contributed by atoms with E-state index >= 15 is 0 Å². The Balaban J connectivity index is 0.692. The molecule has 12 rings (SSSR count). The molecule has 0 saturated carbocycles. The molecule has 3 saturated heterocycles. The third kappa shape index (κ3) is 10.1. The van der Waals surface area contributed by atoms with Crippen LogP contribution in [0.2, 0.25) is 5.02 Å². The number of amides is 2. The average Bonchev–Trinajstić information content (AvgIpc) is 4.18. The van der Waals surface area contributed by atoms with Crippen LogP contribution in [0.15, 0.2) is 112 Å². The Kier molecular flexibility index (Phi) is 13.7. The van der Waals surface area contributed by atoms with Gasteiger partial charge in [-0.3, -0.25) is 9.59 Å². The minimum atomic E-state index is -0.676. The van der Waals surface area contributed by atoms with Crippen molar-refractivity contribution in [3.8, 4) is 23.0 Å². The van der Waals surface area contributed by atoms with E-state index in [9.17, 15) is 14.0 Å².